The SMILES string of the molecule is CC1(C)OC[C@@H](COS(=O)(=O)C(F)(F)F)O1.S. The van der Waals surface area contributed by atoms with Crippen molar-refractivity contribution < 1.29 is 35.2 Å². The fourth-order valence-corrected chi connectivity index (χ4v) is 1.54. The Bertz CT molecular complexity index is 351. The first-order chi connectivity index (χ1) is 7.04. The molecule has 0 aromatic rings. The second kappa shape index (κ2) is 5.31. The van der Waals surface area contributed by atoms with Crippen LogP contribution in [0, 0.1) is 0 Å². The van der Waals surface area contributed by atoms with Crippen molar-refractivity contribution in [1.82, 2.24) is 0 Å². The molecule has 0 amide bonds. The van der Waals surface area contributed by atoms with Gasteiger partial charge in [-0.3, -0.25) is 4.18 Å². The Morgan fingerprint density at radius 1 is 1.41 bits per heavy atom. The van der Waals surface area contributed by atoms with Gasteiger partial charge in [0.05, 0.1) is 13.2 Å². The number of hydrogen-bond donors (Lipinski definition) is 0. The molecule has 1 rings (SSSR count). The van der Waals surface area contributed by atoms with Crippen LogP contribution in [0.5, 0.6) is 0 Å². The Hall–Kier alpha value is -0.0300. The predicted octanol–water partition coefficient (Wildman–Crippen LogP) is 1.12. The van der Waals surface area contributed by atoms with E-state index < -0.39 is 34.1 Å². The van der Waals surface area contributed by atoms with E-state index in [-0.39, 0.29) is 20.1 Å². The Labute approximate surface area is 104 Å². The van der Waals surface area contributed by atoms with Crippen molar-refractivity contribution in [2.24, 2.45) is 0 Å². The van der Waals surface area contributed by atoms with Gasteiger partial charge < -0.3 is 9.47 Å². The van der Waals surface area contributed by atoms with E-state index in [1.807, 2.05) is 0 Å². The van der Waals surface area contributed by atoms with Crippen LogP contribution in [-0.2, 0) is 23.8 Å². The number of alkyl halides is 3. The minimum Gasteiger partial charge on any atom is -0.348 e. The van der Waals surface area contributed by atoms with Gasteiger partial charge in [-0.05, 0) is 13.8 Å². The molecule has 1 heterocycles. The monoisotopic (exact) mass is 298 g/mol. The van der Waals surface area contributed by atoms with Crippen LogP contribution in [0.25, 0.3) is 0 Å². The van der Waals surface area contributed by atoms with Crippen molar-refractivity contribution >= 4 is 23.6 Å². The fraction of sp³-hybridized carbons (Fsp3) is 1.00. The lowest BCUT2D eigenvalue weighted by Gasteiger charge is -2.17. The van der Waals surface area contributed by atoms with E-state index in [0.29, 0.717) is 0 Å². The van der Waals surface area contributed by atoms with E-state index in [9.17, 15) is 21.6 Å². The highest BCUT2D eigenvalue weighted by molar-refractivity contribution is 7.87. The van der Waals surface area contributed by atoms with Crippen molar-refractivity contribution in [2.75, 3.05) is 13.2 Å². The van der Waals surface area contributed by atoms with Crippen molar-refractivity contribution in [3.05, 3.63) is 0 Å². The molecule has 0 aromatic heterocycles. The maximum atomic E-state index is 11.9. The molecule has 0 bridgehead atoms. The fourth-order valence-electron chi connectivity index (χ4n) is 1.08. The summed E-state index contributed by atoms with van der Waals surface area (Å²) in [6.45, 7) is 2.39. The van der Waals surface area contributed by atoms with Crippen LogP contribution in [0.15, 0.2) is 0 Å². The molecule has 0 unspecified atom stereocenters. The average molecular weight is 298 g/mol. The second-order valence-corrected chi connectivity index (χ2v) is 5.24. The number of halogens is 3. The molecule has 0 aliphatic carbocycles. The van der Waals surface area contributed by atoms with Crippen molar-refractivity contribution in [1.29, 1.82) is 0 Å². The van der Waals surface area contributed by atoms with E-state index in [1.54, 1.807) is 13.8 Å². The molecule has 1 aliphatic rings. The first-order valence-electron chi connectivity index (χ1n) is 4.31. The number of ether oxygens (including phenoxy) is 2. The minimum absolute atomic E-state index is 0. The molecule has 10 heteroatoms. The summed E-state index contributed by atoms with van der Waals surface area (Å²) in [7, 11) is -5.56. The van der Waals surface area contributed by atoms with Gasteiger partial charge in [0, 0.05) is 0 Å². The zero-order chi connectivity index (χ0) is 12.6. The summed E-state index contributed by atoms with van der Waals surface area (Å²) in [5, 5.41) is 0. The predicted molar refractivity (Wildman–Crippen MR) is 56.2 cm³/mol. The van der Waals surface area contributed by atoms with Gasteiger partial charge in [0.15, 0.2) is 5.79 Å². The number of hydrogen-bond acceptors (Lipinski definition) is 5. The number of rotatable bonds is 3. The van der Waals surface area contributed by atoms with Crippen LogP contribution in [0.3, 0.4) is 0 Å². The van der Waals surface area contributed by atoms with Gasteiger partial charge in [0.1, 0.15) is 6.10 Å². The molecule has 0 aromatic carbocycles. The summed E-state index contributed by atoms with van der Waals surface area (Å²) in [5.41, 5.74) is -5.41. The van der Waals surface area contributed by atoms with Crippen molar-refractivity contribution in [2.45, 2.75) is 31.2 Å². The van der Waals surface area contributed by atoms with Gasteiger partial charge in [0.25, 0.3) is 0 Å². The molecule has 0 spiro atoms. The summed E-state index contributed by atoms with van der Waals surface area (Å²) in [6, 6.07) is 0. The standard InChI is InChI=1S/C7H11F3O5S.H2S/c1-6(2)13-3-5(15-6)4-14-16(11,12)7(8,9)10;/h5H,3-4H2,1-2H3;1H2/t5-;/m0./s1. The third kappa shape index (κ3) is 4.62. The highest BCUT2D eigenvalue weighted by atomic mass is 32.2. The third-order valence-electron chi connectivity index (χ3n) is 1.76. The van der Waals surface area contributed by atoms with Crippen LogP contribution < -0.4 is 0 Å². The smallest absolute Gasteiger partial charge is 0.348 e. The molecule has 104 valence electrons. The van der Waals surface area contributed by atoms with Gasteiger partial charge in [-0.2, -0.15) is 35.1 Å². The Balaban J connectivity index is 0.00000256. The van der Waals surface area contributed by atoms with E-state index in [0.717, 1.165) is 0 Å². The lowest BCUT2D eigenvalue weighted by atomic mass is 10.4. The second-order valence-electron chi connectivity index (χ2n) is 3.64. The van der Waals surface area contributed by atoms with Gasteiger partial charge in [-0.25, -0.2) is 0 Å². The summed E-state index contributed by atoms with van der Waals surface area (Å²) in [5.74, 6) is -0.935. The van der Waals surface area contributed by atoms with Crippen molar-refractivity contribution in [3.63, 3.8) is 0 Å². The largest absolute Gasteiger partial charge is 0.523 e. The zero-order valence-corrected chi connectivity index (χ0v) is 10.9. The Morgan fingerprint density at radius 3 is 2.29 bits per heavy atom. The van der Waals surface area contributed by atoms with E-state index in [1.165, 1.54) is 0 Å². The van der Waals surface area contributed by atoms with E-state index in [2.05, 4.69) is 4.18 Å². The summed E-state index contributed by atoms with van der Waals surface area (Å²) >= 11 is 0. The van der Waals surface area contributed by atoms with Crippen LogP contribution in [0.2, 0.25) is 0 Å². The summed E-state index contributed by atoms with van der Waals surface area (Å²) in [6.07, 6.45) is -0.827. The van der Waals surface area contributed by atoms with Gasteiger partial charge >= 0.3 is 15.6 Å². The molecule has 1 aliphatic heterocycles. The van der Waals surface area contributed by atoms with Crippen LogP contribution >= 0.6 is 13.5 Å². The molecular formula is C7H13F3O5S2. The molecule has 1 saturated heterocycles. The molecular weight excluding hydrogens is 285 g/mol. The maximum absolute atomic E-state index is 11.9. The molecule has 17 heavy (non-hydrogen) atoms. The quantitative estimate of drug-likeness (QED) is 0.577. The first kappa shape index (κ1) is 17.0. The molecule has 5 nitrogen and oxygen atoms in total. The highest BCUT2D eigenvalue weighted by Crippen LogP contribution is 2.27. The lowest BCUT2D eigenvalue weighted by molar-refractivity contribution is -0.141. The van der Waals surface area contributed by atoms with Crippen LogP contribution in [-0.4, -0.2) is 39.0 Å². The van der Waals surface area contributed by atoms with Crippen molar-refractivity contribution in [3.8, 4) is 0 Å². The Kier molecular flexibility index (Phi) is 5.30. The molecule has 0 saturated carbocycles. The molecule has 0 N–H and O–H groups in total. The van der Waals surface area contributed by atoms with Crippen LogP contribution in [0.4, 0.5) is 13.2 Å². The zero-order valence-electron chi connectivity index (χ0n) is 9.07. The first-order valence-corrected chi connectivity index (χ1v) is 5.72. The maximum Gasteiger partial charge on any atom is 0.523 e. The lowest BCUT2D eigenvalue weighted by Crippen LogP contribution is -2.30. The molecule has 1 fully saturated rings. The normalized spacial score (nSPS) is 24.4. The molecule has 0 radical (unpaired) electrons. The van der Waals surface area contributed by atoms with Gasteiger partial charge in [-0.15, -0.1) is 0 Å². The van der Waals surface area contributed by atoms with E-state index in [4.69, 9.17) is 9.47 Å². The summed E-state index contributed by atoms with van der Waals surface area (Å²) < 4.78 is 70.6. The average Bonchev–Trinajstić information content (AvgIpc) is 2.40. The summed E-state index contributed by atoms with van der Waals surface area (Å²) in [4.78, 5) is 0. The third-order valence-corrected chi connectivity index (χ3v) is 2.77. The molecule has 1 atom stereocenters. The topological polar surface area (TPSA) is 61.8 Å². The van der Waals surface area contributed by atoms with Gasteiger partial charge in [0.2, 0.25) is 0 Å². The highest BCUT2D eigenvalue weighted by Gasteiger charge is 2.48. The van der Waals surface area contributed by atoms with E-state index >= 15 is 0 Å². The minimum atomic E-state index is -5.56. The Morgan fingerprint density at radius 2 is 1.94 bits per heavy atom. The van der Waals surface area contributed by atoms with Crippen LogP contribution in [0.1, 0.15) is 13.8 Å². The van der Waals surface area contributed by atoms with Gasteiger partial charge in [-0.1, -0.05) is 0 Å².